The molecule has 0 spiro atoms. The minimum Gasteiger partial charge on any atom is -0.338 e. The van der Waals surface area contributed by atoms with Crippen LogP contribution in [-0.4, -0.2) is 24.0 Å². The molecular formula is C16H24N2O. The Hall–Kier alpha value is -1.51. The topological polar surface area (TPSA) is 32.3 Å². The molecule has 0 radical (unpaired) electrons. The summed E-state index contributed by atoms with van der Waals surface area (Å²) in [7, 11) is 0. The first-order valence-corrected chi connectivity index (χ1v) is 7.19. The second-order valence-electron chi connectivity index (χ2n) is 5.85. The van der Waals surface area contributed by atoms with E-state index in [0.717, 1.165) is 25.9 Å². The molecule has 0 saturated carbocycles. The Balaban J connectivity index is 2.06. The molecule has 1 saturated heterocycles. The van der Waals surface area contributed by atoms with Gasteiger partial charge in [0.1, 0.15) is 0 Å². The van der Waals surface area contributed by atoms with Crippen molar-refractivity contribution in [3.05, 3.63) is 35.4 Å². The van der Waals surface area contributed by atoms with Crippen molar-refractivity contribution in [1.29, 1.82) is 0 Å². The van der Waals surface area contributed by atoms with E-state index in [1.165, 1.54) is 11.1 Å². The molecule has 1 fully saturated rings. The fourth-order valence-electron chi connectivity index (χ4n) is 2.63. The molecule has 19 heavy (non-hydrogen) atoms. The number of nitrogens with one attached hydrogen (secondary N) is 1. The van der Waals surface area contributed by atoms with Crippen LogP contribution in [0.4, 0.5) is 4.79 Å². The minimum absolute atomic E-state index is 0.0812. The first kappa shape index (κ1) is 13.9. The third-order valence-electron chi connectivity index (χ3n) is 3.60. The Bertz CT molecular complexity index is 442. The summed E-state index contributed by atoms with van der Waals surface area (Å²) in [5, 5.41) is 3.03. The van der Waals surface area contributed by atoms with Crippen molar-refractivity contribution in [1.82, 2.24) is 10.2 Å². The number of rotatable bonds is 3. The van der Waals surface area contributed by atoms with E-state index in [0.29, 0.717) is 5.92 Å². The van der Waals surface area contributed by atoms with Crippen LogP contribution in [0.15, 0.2) is 24.3 Å². The van der Waals surface area contributed by atoms with Gasteiger partial charge in [-0.2, -0.15) is 0 Å². The van der Waals surface area contributed by atoms with Crippen LogP contribution in [0, 0.1) is 12.8 Å². The minimum atomic E-state index is 0.0812. The van der Waals surface area contributed by atoms with Gasteiger partial charge in [0.05, 0.1) is 6.04 Å². The van der Waals surface area contributed by atoms with Crippen LogP contribution in [0.1, 0.15) is 43.9 Å². The number of urea groups is 1. The summed E-state index contributed by atoms with van der Waals surface area (Å²) in [6.45, 7) is 7.94. The summed E-state index contributed by atoms with van der Waals surface area (Å²) in [5.41, 5.74) is 2.52. The molecule has 1 aromatic carbocycles. The molecule has 1 heterocycles. The third-order valence-corrected chi connectivity index (χ3v) is 3.60. The van der Waals surface area contributed by atoms with E-state index in [-0.39, 0.29) is 12.1 Å². The van der Waals surface area contributed by atoms with Crippen molar-refractivity contribution in [3.63, 3.8) is 0 Å². The van der Waals surface area contributed by atoms with Crippen LogP contribution in [0.25, 0.3) is 0 Å². The van der Waals surface area contributed by atoms with Crippen LogP contribution in [0.2, 0.25) is 0 Å². The number of amides is 2. The van der Waals surface area contributed by atoms with E-state index in [9.17, 15) is 4.79 Å². The van der Waals surface area contributed by atoms with Crippen LogP contribution in [0.5, 0.6) is 0 Å². The Labute approximate surface area is 116 Å². The van der Waals surface area contributed by atoms with Crippen molar-refractivity contribution in [2.75, 3.05) is 13.1 Å². The fourth-order valence-corrected chi connectivity index (χ4v) is 2.63. The largest absolute Gasteiger partial charge is 0.338 e. The first-order valence-electron chi connectivity index (χ1n) is 7.19. The van der Waals surface area contributed by atoms with Crippen molar-refractivity contribution in [2.24, 2.45) is 5.92 Å². The van der Waals surface area contributed by atoms with Gasteiger partial charge in [-0.3, -0.25) is 0 Å². The first-order chi connectivity index (χ1) is 9.08. The molecule has 2 rings (SSSR count). The summed E-state index contributed by atoms with van der Waals surface area (Å²) < 4.78 is 0. The number of carbonyl (C=O) groups excluding carboxylic acids is 1. The number of benzene rings is 1. The number of carbonyl (C=O) groups is 1. The van der Waals surface area contributed by atoms with Crippen LogP contribution < -0.4 is 5.32 Å². The zero-order valence-electron chi connectivity index (χ0n) is 12.1. The maximum Gasteiger partial charge on any atom is 0.317 e. The van der Waals surface area contributed by atoms with Gasteiger partial charge in [0.25, 0.3) is 0 Å². The van der Waals surface area contributed by atoms with Gasteiger partial charge in [0, 0.05) is 13.1 Å². The quantitative estimate of drug-likeness (QED) is 0.886. The number of hydrogen-bond donors (Lipinski definition) is 1. The fraction of sp³-hybridized carbons (Fsp3) is 0.562. The number of nitrogens with zero attached hydrogens (tertiary/aromatic N) is 1. The summed E-state index contributed by atoms with van der Waals surface area (Å²) in [5.74, 6) is 0.490. The highest BCUT2D eigenvalue weighted by molar-refractivity contribution is 5.75. The maximum atomic E-state index is 12.2. The molecule has 1 N–H and O–H groups in total. The molecule has 0 aliphatic carbocycles. The lowest BCUT2D eigenvalue weighted by Gasteiger charge is -2.26. The highest BCUT2D eigenvalue weighted by atomic mass is 16.2. The smallest absolute Gasteiger partial charge is 0.317 e. The van der Waals surface area contributed by atoms with Crippen molar-refractivity contribution >= 4 is 6.03 Å². The lowest BCUT2D eigenvalue weighted by molar-refractivity contribution is 0.191. The molecular weight excluding hydrogens is 236 g/mol. The van der Waals surface area contributed by atoms with Gasteiger partial charge in [0.15, 0.2) is 0 Å². The molecule has 104 valence electrons. The second kappa shape index (κ2) is 6.09. The van der Waals surface area contributed by atoms with E-state index < -0.39 is 0 Å². The Morgan fingerprint density at radius 3 is 2.95 bits per heavy atom. The number of likely N-dealkylation sites (tertiary alicyclic amines) is 1. The summed E-state index contributed by atoms with van der Waals surface area (Å²) >= 11 is 0. The maximum absolute atomic E-state index is 12.2. The van der Waals surface area contributed by atoms with E-state index >= 15 is 0 Å². The van der Waals surface area contributed by atoms with Crippen LogP contribution in [-0.2, 0) is 0 Å². The summed E-state index contributed by atoms with van der Waals surface area (Å²) in [6, 6.07) is 8.82. The summed E-state index contributed by atoms with van der Waals surface area (Å²) in [4.78, 5) is 14.2. The van der Waals surface area contributed by atoms with Gasteiger partial charge < -0.3 is 10.2 Å². The molecule has 3 heteroatoms. The Kier molecular flexibility index (Phi) is 4.46. The van der Waals surface area contributed by atoms with Gasteiger partial charge in [-0.05, 0) is 31.2 Å². The van der Waals surface area contributed by atoms with Crippen molar-refractivity contribution < 1.29 is 4.79 Å². The monoisotopic (exact) mass is 260 g/mol. The van der Waals surface area contributed by atoms with Crippen molar-refractivity contribution in [2.45, 2.75) is 39.7 Å². The lowest BCUT2D eigenvalue weighted by Crippen LogP contribution is -2.40. The second-order valence-corrected chi connectivity index (χ2v) is 5.85. The average molecular weight is 260 g/mol. The van der Waals surface area contributed by atoms with E-state index in [4.69, 9.17) is 0 Å². The lowest BCUT2D eigenvalue weighted by atomic mass is 10.0. The molecule has 0 aromatic heterocycles. The average Bonchev–Trinajstić information content (AvgIpc) is 2.85. The molecule has 1 aliphatic rings. The van der Waals surface area contributed by atoms with E-state index in [1.807, 2.05) is 4.90 Å². The van der Waals surface area contributed by atoms with Crippen molar-refractivity contribution in [3.8, 4) is 0 Å². The third kappa shape index (κ3) is 3.49. The molecule has 0 bridgehead atoms. The van der Waals surface area contributed by atoms with Crippen LogP contribution >= 0.6 is 0 Å². The molecule has 1 unspecified atom stereocenters. The van der Waals surface area contributed by atoms with Gasteiger partial charge in [-0.1, -0.05) is 43.7 Å². The summed E-state index contributed by atoms with van der Waals surface area (Å²) in [6.07, 6.45) is 2.16. The highest BCUT2D eigenvalue weighted by Crippen LogP contribution is 2.32. The predicted octanol–water partition coefficient (Wildman–Crippen LogP) is 3.50. The van der Waals surface area contributed by atoms with E-state index in [1.54, 1.807) is 0 Å². The standard InChI is InChI=1S/C16H24N2O/c1-12(2)11-17-16(19)18-9-5-8-15(18)14-7-4-6-13(3)10-14/h4,6-7,10,12,15H,5,8-9,11H2,1-3H3,(H,17,19). The van der Waals surface area contributed by atoms with E-state index in [2.05, 4.69) is 50.4 Å². The van der Waals surface area contributed by atoms with Gasteiger partial charge in [-0.15, -0.1) is 0 Å². The number of aryl methyl sites for hydroxylation is 1. The zero-order valence-corrected chi connectivity index (χ0v) is 12.1. The van der Waals surface area contributed by atoms with Crippen LogP contribution in [0.3, 0.4) is 0 Å². The zero-order chi connectivity index (χ0) is 13.8. The SMILES string of the molecule is Cc1cccc(C2CCCN2C(=O)NCC(C)C)c1. The van der Waals surface area contributed by atoms with Gasteiger partial charge in [0.2, 0.25) is 0 Å². The molecule has 1 aromatic rings. The molecule has 1 atom stereocenters. The van der Waals surface area contributed by atoms with Gasteiger partial charge in [-0.25, -0.2) is 4.79 Å². The highest BCUT2D eigenvalue weighted by Gasteiger charge is 2.29. The Morgan fingerprint density at radius 1 is 1.47 bits per heavy atom. The van der Waals surface area contributed by atoms with Gasteiger partial charge >= 0.3 is 6.03 Å². The Morgan fingerprint density at radius 2 is 2.26 bits per heavy atom. The predicted molar refractivity (Wildman–Crippen MR) is 78.1 cm³/mol. The normalized spacial score (nSPS) is 18.9. The number of hydrogen-bond acceptors (Lipinski definition) is 1. The molecule has 1 aliphatic heterocycles. The molecule has 3 nitrogen and oxygen atoms in total. The molecule has 2 amide bonds.